The van der Waals surface area contributed by atoms with Gasteiger partial charge >= 0.3 is 0 Å². The molecule has 2 aromatic heterocycles. The monoisotopic (exact) mass is 398 g/mol. The molecule has 154 valence electrons. The highest BCUT2D eigenvalue weighted by atomic mass is 19.1. The number of likely N-dealkylation sites (tertiary alicyclic amines) is 1. The minimum absolute atomic E-state index is 0.256. The van der Waals surface area contributed by atoms with Crippen molar-refractivity contribution in [3.8, 4) is 5.95 Å². The second-order valence-electron chi connectivity index (χ2n) is 8.21. The van der Waals surface area contributed by atoms with Gasteiger partial charge in [0.25, 0.3) is 5.95 Å². The van der Waals surface area contributed by atoms with Crippen LogP contribution in [-0.2, 0) is 6.42 Å². The molecule has 2 fully saturated rings. The number of halogens is 1. The third kappa shape index (κ3) is 3.55. The lowest BCUT2D eigenvalue weighted by Crippen LogP contribution is -2.37. The SMILES string of the molecule is CCc1nn(-c2noc(C3CCN(C[C@H]4CCNC4)CC3)n2)c2c(F)cccc12. The molecular formula is C21H27FN6O. The fraction of sp³-hybridized carbons (Fsp3) is 0.571. The van der Waals surface area contributed by atoms with Crippen LogP contribution in [0.25, 0.3) is 16.9 Å². The Kier molecular flexibility index (Phi) is 5.05. The molecule has 3 aromatic rings. The summed E-state index contributed by atoms with van der Waals surface area (Å²) in [5, 5.41) is 12.9. The highest BCUT2D eigenvalue weighted by Gasteiger charge is 2.28. The number of nitrogens with zero attached hydrogens (tertiary/aromatic N) is 5. The van der Waals surface area contributed by atoms with Gasteiger partial charge in [0.2, 0.25) is 5.89 Å². The number of aromatic nitrogens is 4. The van der Waals surface area contributed by atoms with Crippen molar-refractivity contribution < 1.29 is 8.91 Å². The molecule has 0 spiro atoms. The number of benzene rings is 1. The third-order valence-electron chi connectivity index (χ3n) is 6.30. The van der Waals surface area contributed by atoms with E-state index in [-0.39, 0.29) is 11.7 Å². The molecule has 4 heterocycles. The quantitative estimate of drug-likeness (QED) is 0.713. The van der Waals surface area contributed by atoms with Crippen LogP contribution in [0.4, 0.5) is 4.39 Å². The van der Waals surface area contributed by atoms with Gasteiger partial charge in [-0.2, -0.15) is 14.8 Å². The molecule has 0 saturated carbocycles. The number of para-hydroxylation sites is 1. The predicted molar refractivity (Wildman–Crippen MR) is 108 cm³/mol. The molecule has 2 aliphatic rings. The molecule has 8 heteroatoms. The van der Waals surface area contributed by atoms with Crippen molar-refractivity contribution in [1.29, 1.82) is 0 Å². The van der Waals surface area contributed by atoms with Crippen LogP contribution in [0.1, 0.15) is 43.7 Å². The Morgan fingerprint density at radius 1 is 1.24 bits per heavy atom. The van der Waals surface area contributed by atoms with E-state index in [1.807, 2.05) is 13.0 Å². The predicted octanol–water partition coefficient (Wildman–Crippen LogP) is 2.90. The van der Waals surface area contributed by atoms with Crippen LogP contribution >= 0.6 is 0 Å². The van der Waals surface area contributed by atoms with Crippen molar-refractivity contribution in [2.75, 3.05) is 32.7 Å². The van der Waals surface area contributed by atoms with E-state index >= 15 is 0 Å². The maximum atomic E-state index is 14.5. The topological polar surface area (TPSA) is 72.0 Å². The number of aryl methyl sites for hydroxylation is 1. The van der Waals surface area contributed by atoms with E-state index < -0.39 is 0 Å². The van der Waals surface area contributed by atoms with Gasteiger partial charge in [0.05, 0.1) is 5.69 Å². The normalized spacial score (nSPS) is 21.4. The Bertz CT molecular complexity index is 984. The third-order valence-corrected chi connectivity index (χ3v) is 6.30. The second-order valence-corrected chi connectivity index (χ2v) is 8.21. The maximum Gasteiger partial charge on any atom is 0.291 e. The highest BCUT2D eigenvalue weighted by molar-refractivity contribution is 5.83. The smallest absolute Gasteiger partial charge is 0.291 e. The van der Waals surface area contributed by atoms with E-state index in [4.69, 9.17) is 4.52 Å². The molecular weight excluding hydrogens is 371 g/mol. The molecule has 5 rings (SSSR count). The molecule has 2 aliphatic heterocycles. The van der Waals surface area contributed by atoms with Gasteiger partial charge in [-0.3, -0.25) is 0 Å². The first-order valence-electron chi connectivity index (χ1n) is 10.7. The first-order chi connectivity index (χ1) is 14.2. The van der Waals surface area contributed by atoms with Gasteiger partial charge in [-0.15, -0.1) is 0 Å². The molecule has 29 heavy (non-hydrogen) atoms. The Morgan fingerprint density at radius 2 is 2.10 bits per heavy atom. The molecule has 2 saturated heterocycles. The van der Waals surface area contributed by atoms with Crippen molar-refractivity contribution in [3.05, 3.63) is 35.6 Å². The zero-order valence-corrected chi connectivity index (χ0v) is 16.8. The summed E-state index contributed by atoms with van der Waals surface area (Å²) >= 11 is 0. The average molecular weight is 398 g/mol. The van der Waals surface area contributed by atoms with Crippen LogP contribution in [0.5, 0.6) is 0 Å². The lowest BCUT2D eigenvalue weighted by Gasteiger charge is -2.31. The highest BCUT2D eigenvalue weighted by Crippen LogP contribution is 2.29. The number of piperidine rings is 1. The number of hydrogen-bond donors (Lipinski definition) is 1. The van der Waals surface area contributed by atoms with Crippen molar-refractivity contribution >= 4 is 10.9 Å². The van der Waals surface area contributed by atoms with Crippen LogP contribution < -0.4 is 5.32 Å². The van der Waals surface area contributed by atoms with Gasteiger partial charge in [0.15, 0.2) is 0 Å². The molecule has 1 atom stereocenters. The van der Waals surface area contributed by atoms with E-state index in [0.29, 0.717) is 23.8 Å². The van der Waals surface area contributed by atoms with Crippen molar-refractivity contribution in [2.45, 2.75) is 38.5 Å². The van der Waals surface area contributed by atoms with Gasteiger partial charge in [0, 0.05) is 17.8 Å². The minimum Gasteiger partial charge on any atom is -0.337 e. The second kappa shape index (κ2) is 7.84. The molecule has 0 unspecified atom stereocenters. The Balaban J connectivity index is 1.32. The van der Waals surface area contributed by atoms with E-state index in [2.05, 4.69) is 25.5 Å². The van der Waals surface area contributed by atoms with E-state index in [0.717, 1.165) is 56.0 Å². The van der Waals surface area contributed by atoms with Crippen LogP contribution in [0.15, 0.2) is 22.7 Å². The molecule has 0 radical (unpaired) electrons. The van der Waals surface area contributed by atoms with Gasteiger partial charge in [-0.05, 0) is 69.0 Å². The fourth-order valence-corrected chi connectivity index (χ4v) is 4.67. The van der Waals surface area contributed by atoms with Crippen LogP contribution in [0, 0.1) is 11.7 Å². The molecule has 0 amide bonds. The summed E-state index contributed by atoms with van der Waals surface area (Å²) in [7, 11) is 0. The summed E-state index contributed by atoms with van der Waals surface area (Å²) in [6, 6.07) is 5.04. The zero-order chi connectivity index (χ0) is 19.8. The number of fused-ring (bicyclic) bond motifs is 1. The van der Waals surface area contributed by atoms with Crippen molar-refractivity contribution in [1.82, 2.24) is 30.1 Å². The lowest BCUT2D eigenvalue weighted by atomic mass is 9.95. The van der Waals surface area contributed by atoms with Gasteiger partial charge in [0.1, 0.15) is 11.3 Å². The molecule has 1 N–H and O–H groups in total. The van der Waals surface area contributed by atoms with E-state index in [9.17, 15) is 4.39 Å². The molecule has 7 nitrogen and oxygen atoms in total. The van der Waals surface area contributed by atoms with Crippen LogP contribution in [-0.4, -0.2) is 57.5 Å². The van der Waals surface area contributed by atoms with Crippen molar-refractivity contribution in [2.24, 2.45) is 5.92 Å². The summed E-state index contributed by atoms with van der Waals surface area (Å²) in [6.45, 7) is 7.58. The number of rotatable bonds is 5. The molecule has 1 aromatic carbocycles. The summed E-state index contributed by atoms with van der Waals surface area (Å²) in [5.41, 5.74) is 1.25. The standard InChI is InChI=1S/C21H27FN6O/c1-2-18-16-4-3-5-17(22)19(16)28(25-18)21-24-20(29-26-21)15-7-10-27(11-8-15)13-14-6-9-23-12-14/h3-5,14-15,23H,2,6-13H2,1H3/t14-/m0/s1. The minimum atomic E-state index is -0.323. The largest absolute Gasteiger partial charge is 0.337 e. The van der Waals surface area contributed by atoms with Crippen molar-refractivity contribution in [3.63, 3.8) is 0 Å². The van der Waals surface area contributed by atoms with Crippen LogP contribution in [0.2, 0.25) is 0 Å². The fourth-order valence-electron chi connectivity index (χ4n) is 4.67. The summed E-state index contributed by atoms with van der Waals surface area (Å²) in [6.07, 6.45) is 4.01. The van der Waals surface area contributed by atoms with Gasteiger partial charge in [-0.1, -0.05) is 19.1 Å². The number of nitrogens with one attached hydrogen (secondary N) is 1. The first kappa shape index (κ1) is 18.7. The van der Waals surface area contributed by atoms with E-state index in [1.54, 1.807) is 6.07 Å². The average Bonchev–Trinajstić information content (AvgIpc) is 3.48. The Labute approximate surface area is 169 Å². The first-order valence-corrected chi connectivity index (χ1v) is 10.7. The summed E-state index contributed by atoms with van der Waals surface area (Å²) in [4.78, 5) is 7.15. The Hall–Kier alpha value is -2.32. The maximum absolute atomic E-state index is 14.5. The summed E-state index contributed by atoms with van der Waals surface area (Å²) < 4.78 is 21.6. The van der Waals surface area contributed by atoms with Crippen LogP contribution in [0.3, 0.4) is 0 Å². The zero-order valence-electron chi connectivity index (χ0n) is 16.8. The Morgan fingerprint density at radius 3 is 2.86 bits per heavy atom. The van der Waals surface area contributed by atoms with Gasteiger partial charge < -0.3 is 14.7 Å². The van der Waals surface area contributed by atoms with E-state index in [1.165, 1.54) is 23.7 Å². The van der Waals surface area contributed by atoms with Gasteiger partial charge in [-0.25, -0.2) is 4.39 Å². The lowest BCUT2D eigenvalue weighted by molar-refractivity contribution is 0.174. The number of hydrogen-bond acceptors (Lipinski definition) is 6. The molecule has 0 aliphatic carbocycles. The molecule has 0 bridgehead atoms. The summed E-state index contributed by atoms with van der Waals surface area (Å²) in [5.74, 6) is 1.66.